The van der Waals surface area contributed by atoms with Crippen LogP contribution in [0.3, 0.4) is 0 Å². The molecule has 0 atom stereocenters. The van der Waals surface area contributed by atoms with Gasteiger partial charge in [-0.15, -0.1) is 21.5 Å². The molecule has 0 unspecified atom stereocenters. The molecule has 2 N–H and O–H groups in total. The molecule has 3 aromatic rings. The smallest absolute Gasteiger partial charge is 0.192 e. The van der Waals surface area contributed by atoms with Gasteiger partial charge in [-0.3, -0.25) is 0 Å². The average molecular weight is 439 g/mol. The van der Waals surface area contributed by atoms with E-state index in [0.29, 0.717) is 12.6 Å². The SMILES string of the molecule is Cc1ccc(N2CCC(NC(=NCc3nnc(C)n3C)NCc3cccs3)CC2)nc1. The number of aryl methyl sites for hydroxylation is 2. The van der Waals surface area contributed by atoms with Crippen molar-refractivity contribution >= 4 is 23.1 Å². The first-order valence-electron chi connectivity index (χ1n) is 10.7. The number of aromatic nitrogens is 4. The zero-order valence-electron chi connectivity index (χ0n) is 18.4. The minimum atomic E-state index is 0.373. The molecule has 0 spiro atoms. The van der Waals surface area contributed by atoms with Crippen LogP contribution >= 0.6 is 11.3 Å². The number of nitrogens with one attached hydrogen (secondary N) is 2. The second kappa shape index (κ2) is 9.91. The highest BCUT2D eigenvalue weighted by molar-refractivity contribution is 7.09. The van der Waals surface area contributed by atoms with Crippen molar-refractivity contribution in [3.05, 3.63) is 57.9 Å². The molecule has 8 nitrogen and oxygen atoms in total. The summed E-state index contributed by atoms with van der Waals surface area (Å²) in [5.74, 6) is 3.63. The molecule has 164 valence electrons. The standard InChI is InChI=1S/C22H30N8S/c1-16-6-7-20(23-13-16)30-10-8-18(9-11-30)26-22(24-14-19-5-4-12-31-19)25-15-21-28-27-17(2)29(21)3/h4-7,12-13,18H,8-11,14-15H2,1-3H3,(H2,24,25,26). The fourth-order valence-corrected chi connectivity index (χ4v) is 4.21. The number of nitrogens with zero attached hydrogens (tertiary/aromatic N) is 6. The first-order chi connectivity index (χ1) is 15.1. The van der Waals surface area contributed by atoms with E-state index < -0.39 is 0 Å². The highest BCUT2D eigenvalue weighted by Gasteiger charge is 2.21. The summed E-state index contributed by atoms with van der Waals surface area (Å²) >= 11 is 1.74. The first-order valence-corrected chi connectivity index (χ1v) is 11.6. The van der Waals surface area contributed by atoms with Crippen molar-refractivity contribution in [2.45, 2.75) is 45.8 Å². The van der Waals surface area contributed by atoms with Gasteiger partial charge in [0, 0.05) is 37.3 Å². The summed E-state index contributed by atoms with van der Waals surface area (Å²) in [6.07, 6.45) is 4.02. The van der Waals surface area contributed by atoms with Crippen LogP contribution in [0.1, 0.15) is 34.9 Å². The lowest BCUT2D eigenvalue weighted by Gasteiger charge is -2.33. The van der Waals surface area contributed by atoms with Gasteiger partial charge in [0.2, 0.25) is 0 Å². The molecule has 4 heterocycles. The number of thiophene rings is 1. The second-order valence-corrected chi connectivity index (χ2v) is 8.95. The summed E-state index contributed by atoms with van der Waals surface area (Å²) < 4.78 is 1.98. The fourth-order valence-electron chi connectivity index (χ4n) is 3.57. The third kappa shape index (κ3) is 5.61. The van der Waals surface area contributed by atoms with Crippen LogP contribution in [0.2, 0.25) is 0 Å². The van der Waals surface area contributed by atoms with E-state index in [1.54, 1.807) is 11.3 Å². The normalized spacial score (nSPS) is 15.3. The van der Waals surface area contributed by atoms with Crippen molar-refractivity contribution in [3.63, 3.8) is 0 Å². The van der Waals surface area contributed by atoms with Crippen molar-refractivity contribution < 1.29 is 0 Å². The molecule has 3 aromatic heterocycles. The maximum Gasteiger partial charge on any atom is 0.192 e. The summed E-state index contributed by atoms with van der Waals surface area (Å²) in [7, 11) is 1.97. The molecule has 1 fully saturated rings. The summed E-state index contributed by atoms with van der Waals surface area (Å²) in [6.45, 7) is 7.23. The molecule has 9 heteroatoms. The monoisotopic (exact) mass is 438 g/mol. The van der Waals surface area contributed by atoms with Gasteiger partial charge in [0.25, 0.3) is 0 Å². The Morgan fingerprint density at radius 2 is 2.03 bits per heavy atom. The van der Waals surface area contributed by atoms with Gasteiger partial charge >= 0.3 is 0 Å². The van der Waals surface area contributed by atoms with E-state index in [0.717, 1.165) is 55.9 Å². The molecule has 0 amide bonds. The van der Waals surface area contributed by atoms with Gasteiger partial charge in [-0.1, -0.05) is 12.1 Å². The molecule has 0 saturated carbocycles. The quantitative estimate of drug-likeness (QED) is 0.455. The number of hydrogen-bond acceptors (Lipinski definition) is 6. The average Bonchev–Trinajstić information content (AvgIpc) is 3.42. The lowest BCUT2D eigenvalue weighted by molar-refractivity contribution is 0.459. The van der Waals surface area contributed by atoms with Crippen LogP contribution in [-0.4, -0.2) is 44.8 Å². The Balaban J connectivity index is 1.37. The van der Waals surface area contributed by atoms with Gasteiger partial charge < -0.3 is 20.1 Å². The van der Waals surface area contributed by atoms with Gasteiger partial charge in [0.05, 0.1) is 6.54 Å². The van der Waals surface area contributed by atoms with Crippen LogP contribution in [-0.2, 0) is 20.1 Å². The van der Waals surface area contributed by atoms with Gasteiger partial charge in [-0.25, -0.2) is 9.98 Å². The van der Waals surface area contributed by atoms with Crippen LogP contribution in [0, 0.1) is 13.8 Å². The van der Waals surface area contributed by atoms with E-state index in [2.05, 4.69) is 67.3 Å². The molecular formula is C22H30N8S. The predicted molar refractivity (Wildman–Crippen MR) is 125 cm³/mol. The molecule has 1 saturated heterocycles. The van der Waals surface area contributed by atoms with E-state index in [-0.39, 0.29) is 0 Å². The number of rotatable bonds is 6. The summed E-state index contributed by atoms with van der Waals surface area (Å²) in [4.78, 5) is 13.0. The van der Waals surface area contributed by atoms with Crippen molar-refractivity contribution in [3.8, 4) is 0 Å². The molecule has 0 aliphatic carbocycles. The second-order valence-electron chi connectivity index (χ2n) is 7.92. The van der Waals surface area contributed by atoms with E-state index in [1.165, 1.54) is 10.4 Å². The number of aliphatic imine (C=N–C) groups is 1. The van der Waals surface area contributed by atoms with Crippen LogP contribution < -0.4 is 15.5 Å². The van der Waals surface area contributed by atoms with Crippen LogP contribution in [0.15, 0.2) is 40.8 Å². The molecule has 31 heavy (non-hydrogen) atoms. The number of piperidine rings is 1. The number of guanidine groups is 1. The molecule has 0 bridgehead atoms. The summed E-state index contributed by atoms with van der Waals surface area (Å²) in [5.41, 5.74) is 1.19. The Kier molecular flexibility index (Phi) is 6.81. The summed E-state index contributed by atoms with van der Waals surface area (Å²) in [5, 5.41) is 17.6. The highest BCUT2D eigenvalue weighted by atomic mass is 32.1. The van der Waals surface area contributed by atoms with Gasteiger partial charge in [0.15, 0.2) is 11.8 Å². The third-order valence-corrected chi connectivity index (χ3v) is 6.50. The lowest BCUT2D eigenvalue weighted by Crippen LogP contribution is -2.48. The molecular weight excluding hydrogens is 408 g/mol. The Bertz CT molecular complexity index is 985. The molecule has 1 aliphatic heterocycles. The first kappa shape index (κ1) is 21.3. The van der Waals surface area contributed by atoms with Crippen molar-refractivity contribution in [1.82, 2.24) is 30.4 Å². The number of hydrogen-bond donors (Lipinski definition) is 2. The fraction of sp³-hybridized carbons (Fsp3) is 0.455. The summed E-state index contributed by atoms with van der Waals surface area (Å²) in [6, 6.07) is 8.82. The molecule has 1 aliphatic rings. The molecule has 0 aromatic carbocycles. The molecule has 4 rings (SSSR count). The van der Waals surface area contributed by atoms with Crippen LogP contribution in [0.5, 0.6) is 0 Å². The van der Waals surface area contributed by atoms with Gasteiger partial charge in [0.1, 0.15) is 18.2 Å². The van der Waals surface area contributed by atoms with E-state index in [1.807, 2.05) is 24.7 Å². The van der Waals surface area contributed by atoms with E-state index in [4.69, 9.17) is 4.99 Å². The van der Waals surface area contributed by atoms with Crippen LogP contribution in [0.25, 0.3) is 0 Å². The van der Waals surface area contributed by atoms with E-state index in [9.17, 15) is 0 Å². The predicted octanol–water partition coefficient (Wildman–Crippen LogP) is 2.79. The number of anilines is 1. The van der Waals surface area contributed by atoms with Crippen molar-refractivity contribution in [1.29, 1.82) is 0 Å². The minimum absolute atomic E-state index is 0.373. The third-order valence-electron chi connectivity index (χ3n) is 5.63. The Labute approximate surface area is 187 Å². The van der Waals surface area contributed by atoms with Gasteiger partial charge in [-0.2, -0.15) is 0 Å². The van der Waals surface area contributed by atoms with Crippen molar-refractivity contribution in [2.24, 2.45) is 12.0 Å². The Morgan fingerprint density at radius 3 is 2.68 bits per heavy atom. The lowest BCUT2D eigenvalue weighted by atomic mass is 10.1. The Morgan fingerprint density at radius 1 is 1.19 bits per heavy atom. The largest absolute Gasteiger partial charge is 0.356 e. The van der Waals surface area contributed by atoms with Crippen molar-refractivity contribution in [2.75, 3.05) is 18.0 Å². The van der Waals surface area contributed by atoms with Crippen LogP contribution in [0.4, 0.5) is 5.82 Å². The maximum absolute atomic E-state index is 4.80. The highest BCUT2D eigenvalue weighted by Crippen LogP contribution is 2.18. The van der Waals surface area contributed by atoms with Gasteiger partial charge in [-0.05, 0) is 49.8 Å². The number of pyridine rings is 1. The molecule has 0 radical (unpaired) electrons. The van der Waals surface area contributed by atoms with E-state index >= 15 is 0 Å². The maximum atomic E-state index is 4.80. The Hall–Kier alpha value is -2.94. The minimum Gasteiger partial charge on any atom is -0.356 e. The zero-order valence-corrected chi connectivity index (χ0v) is 19.2. The zero-order chi connectivity index (χ0) is 21.6. The topological polar surface area (TPSA) is 83.3 Å².